The molecule has 9 heteroatoms. The van der Waals surface area contributed by atoms with E-state index in [2.05, 4.69) is 74.6 Å². The highest BCUT2D eigenvalue weighted by molar-refractivity contribution is 7.47. The first-order chi connectivity index (χ1) is 27.9. The van der Waals surface area contributed by atoms with E-state index >= 15 is 0 Å². The monoisotopic (exact) mass is 822 g/mol. The maximum absolute atomic E-state index is 12.6. The molecule has 2 unspecified atom stereocenters. The minimum Gasteiger partial charge on any atom is -0.457 e. The number of carbonyl (C=O) groups is 1. The maximum Gasteiger partial charge on any atom is 0.472 e. The molecule has 8 nitrogen and oxygen atoms in total. The zero-order valence-corrected chi connectivity index (χ0v) is 37.7. The molecular weight excluding hydrogens is 734 g/mol. The Balaban J connectivity index is 3.99. The van der Waals surface area contributed by atoms with Crippen LogP contribution in [0.2, 0.25) is 0 Å². The van der Waals surface area contributed by atoms with Crippen LogP contribution in [-0.4, -0.2) is 49.9 Å². The fraction of sp³-hybridized carbons (Fsp3) is 0.771. The molecule has 0 radical (unpaired) electrons. The number of hydrogen-bond acceptors (Lipinski definition) is 7. The molecule has 0 bridgehead atoms. The van der Waals surface area contributed by atoms with E-state index in [1.807, 2.05) is 0 Å². The Bertz CT molecular complexity index is 1060. The summed E-state index contributed by atoms with van der Waals surface area (Å²) in [5.74, 6) is -0.338. The van der Waals surface area contributed by atoms with Crippen LogP contribution in [-0.2, 0) is 27.9 Å². The standard InChI is InChI=1S/C48H88NO7P/c1-3-5-7-9-11-13-15-17-19-20-21-22-23-24-25-26-27-29-31-33-35-37-39-41-48(50)56-47(46-55-57(51,52)54-44-42-49)45-53-43-40-38-36-34-32-30-28-18-16-14-12-10-8-6-4-2/h5,7,11,13,16-19,21-22,47H,3-4,6,8-10,12,14-15,20,23-46,49H2,1-2H3,(H,51,52)/b7-5-,13-11-,18-16-,19-17-,22-21-. The first-order valence-electron chi connectivity index (χ1n) is 23.3. The van der Waals surface area contributed by atoms with Crippen molar-refractivity contribution in [3.63, 3.8) is 0 Å². The molecule has 0 spiro atoms. The molecule has 0 amide bonds. The van der Waals surface area contributed by atoms with E-state index < -0.39 is 13.9 Å². The zero-order valence-electron chi connectivity index (χ0n) is 36.8. The summed E-state index contributed by atoms with van der Waals surface area (Å²) in [5, 5.41) is 0. The molecule has 57 heavy (non-hydrogen) atoms. The van der Waals surface area contributed by atoms with Crippen LogP contribution in [0.25, 0.3) is 0 Å². The Morgan fingerprint density at radius 3 is 1.49 bits per heavy atom. The number of phosphoric acid groups is 1. The second-order valence-corrected chi connectivity index (χ2v) is 16.7. The lowest BCUT2D eigenvalue weighted by molar-refractivity contribution is -0.154. The van der Waals surface area contributed by atoms with Crippen molar-refractivity contribution in [2.45, 2.75) is 206 Å². The summed E-state index contributed by atoms with van der Waals surface area (Å²) >= 11 is 0. The van der Waals surface area contributed by atoms with Crippen LogP contribution in [0.5, 0.6) is 0 Å². The highest BCUT2D eigenvalue weighted by Gasteiger charge is 2.25. The molecule has 0 heterocycles. The maximum atomic E-state index is 12.6. The van der Waals surface area contributed by atoms with Crippen LogP contribution in [0.1, 0.15) is 200 Å². The molecular formula is C48H88NO7P. The summed E-state index contributed by atoms with van der Waals surface area (Å²) in [7, 11) is -4.28. The summed E-state index contributed by atoms with van der Waals surface area (Å²) in [6, 6.07) is 0. The lowest BCUT2D eigenvalue weighted by Gasteiger charge is -2.20. The lowest BCUT2D eigenvalue weighted by atomic mass is 10.0. The molecule has 0 aliphatic carbocycles. The van der Waals surface area contributed by atoms with Crippen molar-refractivity contribution in [2.75, 3.05) is 33.0 Å². The van der Waals surface area contributed by atoms with Crippen LogP contribution in [0.15, 0.2) is 60.8 Å². The van der Waals surface area contributed by atoms with Gasteiger partial charge in [0.25, 0.3) is 0 Å². The van der Waals surface area contributed by atoms with Gasteiger partial charge in [-0.1, -0.05) is 177 Å². The third-order valence-corrected chi connectivity index (χ3v) is 10.7. The second-order valence-electron chi connectivity index (χ2n) is 15.2. The molecule has 0 aromatic heterocycles. The molecule has 0 aliphatic rings. The van der Waals surface area contributed by atoms with Gasteiger partial charge in [-0.2, -0.15) is 0 Å². The van der Waals surface area contributed by atoms with Gasteiger partial charge in [-0.3, -0.25) is 13.8 Å². The number of hydrogen-bond donors (Lipinski definition) is 2. The zero-order chi connectivity index (χ0) is 41.6. The average molecular weight is 822 g/mol. The number of rotatable bonds is 44. The van der Waals surface area contributed by atoms with Crippen molar-refractivity contribution < 1.29 is 32.8 Å². The van der Waals surface area contributed by atoms with Crippen LogP contribution in [0.4, 0.5) is 0 Å². The van der Waals surface area contributed by atoms with E-state index in [4.69, 9.17) is 24.3 Å². The van der Waals surface area contributed by atoms with Gasteiger partial charge >= 0.3 is 13.8 Å². The molecule has 0 aliphatic heterocycles. The van der Waals surface area contributed by atoms with E-state index in [0.29, 0.717) is 13.0 Å². The van der Waals surface area contributed by atoms with E-state index in [-0.39, 0.29) is 32.3 Å². The van der Waals surface area contributed by atoms with Gasteiger partial charge in [0.1, 0.15) is 6.10 Å². The molecule has 0 rings (SSSR count). The molecule has 2 atom stereocenters. The summed E-state index contributed by atoms with van der Waals surface area (Å²) in [6.45, 7) is 4.79. The van der Waals surface area contributed by atoms with E-state index in [1.54, 1.807) is 0 Å². The predicted octanol–water partition coefficient (Wildman–Crippen LogP) is 14.1. The van der Waals surface area contributed by atoms with Crippen molar-refractivity contribution in [1.82, 2.24) is 0 Å². The largest absolute Gasteiger partial charge is 0.472 e. The molecule has 0 fully saturated rings. The number of ether oxygens (including phenoxy) is 2. The number of allylic oxidation sites excluding steroid dienone is 10. The minimum absolute atomic E-state index is 0.0967. The van der Waals surface area contributed by atoms with Crippen molar-refractivity contribution in [3.05, 3.63) is 60.8 Å². The van der Waals surface area contributed by atoms with Gasteiger partial charge < -0.3 is 20.1 Å². The van der Waals surface area contributed by atoms with Gasteiger partial charge in [0, 0.05) is 19.6 Å². The number of esters is 1. The molecule has 0 saturated carbocycles. The van der Waals surface area contributed by atoms with Gasteiger partial charge in [0.2, 0.25) is 0 Å². The highest BCUT2D eigenvalue weighted by atomic mass is 31.2. The summed E-state index contributed by atoms with van der Waals surface area (Å²) < 4.78 is 33.5. The number of nitrogens with two attached hydrogens (primary N) is 1. The molecule has 0 saturated heterocycles. The van der Waals surface area contributed by atoms with Gasteiger partial charge in [0.05, 0.1) is 19.8 Å². The lowest BCUT2D eigenvalue weighted by Crippen LogP contribution is -2.28. The molecule has 332 valence electrons. The van der Waals surface area contributed by atoms with Gasteiger partial charge in [-0.25, -0.2) is 4.57 Å². The predicted molar refractivity (Wildman–Crippen MR) is 242 cm³/mol. The van der Waals surface area contributed by atoms with Crippen LogP contribution in [0.3, 0.4) is 0 Å². The van der Waals surface area contributed by atoms with Crippen molar-refractivity contribution in [3.8, 4) is 0 Å². The number of carbonyl (C=O) groups excluding carboxylic acids is 1. The topological polar surface area (TPSA) is 117 Å². The van der Waals surface area contributed by atoms with E-state index in [1.165, 1.54) is 122 Å². The van der Waals surface area contributed by atoms with Gasteiger partial charge in [0.15, 0.2) is 0 Å². The third-order valence-electron chi connectivity index (χ3n) is 9.67. The van der Waals surface area contributed by atoms with Crippen LogP contribution >= 0.6 is 7.82 Å². The van der Waals surface area contributed by atoms with Gasteiger partial charge in [-0.15, -0.1) is 0 Å². The van der Waals surface area contributed by atoms with Crippen molar-refractivity contribution in [1.29, 1.82) is 0 Å². The number of phosphoric ester groups is 1. The average Bonchev–Trinajstić information content (AvgIpc) is 3.20. The molecule has 0 aromatic carbocycles. The van der Waals surface area contributed by atoms with Crippen molar-refractivity contribution in [2.24, 2.45) is 5.73 Å². The fourth-order valence-electron chi connectivity index (χ4n) is 6.28. The Hall–Kier alpha value is -1.80. The molecule has 0 aromatic rings. The highest BCUT2D eigenvalue weighted by Crippen LogP contribution is 2.43. The normalized spacial score (nSPS) is 14.0. The number of unbranched alkanes of at least 4 members (excludes halogenated alkanes) is 21. The first kappa shape index (κ1) is 55.2. The fourth-order valence-corrected chi connectivity index (χ4v) is 7.04. The van der Waals surface area contributed by atoms with Crippen LogP contribution in [0, 0.1) is 0 Å². The Kier molecular flexibility index (Phi) is 43.9. The minimum atomic E-state index is -4.28. The first-order valence-corrected chi connectivity index (χ1v) is 24.8. The Labute approximate surface area is 351 Å². The van der Waals surface area contributed by atoms with E-state index in [9.17, 15) is 14.3 Å². The Morgan fingerprint density at radius 1 is 0.544 bits per heavy atom. The van der Waals surface area contributed by atoms with Gasteiger partial charge in [-0.05, 0) is 77.0 Å². The van der Waals surface area contributed by atoms with E-state index in [0.717, 1.165) is 57.8 Å². The Morgan fingerprint density at radius 2 is 0.982 bits per heavy atom. The second kappa shape index (κ2) is 45.3. The molecule has 3 N–H and O–H groups in total. The summed E-state index contributed by atoms with van der Waals surface area (Å²) in [5.41, 5.74) is 5.38. The van der Waals surface area contributed by atoms with Crippen molar-refractivity contribution >= 4 is 13.8 Å². The smallest absolute Gasteiger partial charge is 0.457 e. The quantitative estimate of drug-likeness (QED) is 0.0270. The summed E-state index contributed by atoms with van der Waals surface area (Å²) in [4.78, 5) is 22.5. The van der Waals surface area contributed by atoms with Crippen LogP contribution < -0.4 is 5.73 Å². The third kappa shape index (κ3) is 45.1. The SMILES string of the molecule is CC/C=C\C/C=C\C/C=C\C/C=C\CCCCCCCCCCCCC(=O)OC(COCCCCCCCC/C=C\CCCCCCC)COP(=O)(O)OCCN. The summed E-state index contributed by atoms with van der Waals surface area (Å²) in [6.07, 6.45) is 55.2.